The number of hydrogen-bond acceptors (Lipinski definition) is 3. The molecule has 0 atom stereocenters. The molecule has 0 N–H and O–H groups in total. The Labute approximate surface area is 175 Å². The van der Waals surface area contributed by atoms with Gasteiger partial charge >= 0.3 is 0 Å². The molecule has 1 aromatic heterocycles. The minimum absolute atomic E-state index is 0.0228. The van der Waals surface area contributed by atoms with Crippen LogP contribution in [-0.2, 0) is 4.74 Å². The Kier molecular flexibility index (Phi) is 5.60. The van der Waals surface area contributed by atoms with Crippen LogP contribution in [0.2, 0.25) is 5.02 Å². The lowest BCUT2D eigenvalue weighted by atomic mass is 10.1. The summed E-state index contributed by atoms with van der Waals surface area (Å²) in [5.74, 6) is 0.765. The van der Waals surface area contributed by atoms with Gasteiger partial charge in [0.2, 0.25) is 0 Å². The molecule has 1 fully saturated rings. The summed E-state index contributed by atoms with van der Waals surface area (Å²) in [4.78, 5) is 15.1. The van der Waals surface area contributed by atoms with Gasteiger partial charge in [-0.1, -0.05) is 35.9 Å². The number of aromatic nitrogens is 1. The molecule has 0 saturated carbocycles. The van der Waals surface area contributed by atoms with E-state index in [1.807, 2.05) is 66.4 Å². The van der Waals surface area contributed by atoms with Crippen molar-refractivity contribution in [2.24, 2.45) is 0 Å². The first-order chi connectivity index (χ1) is 14.1. The number of methoxy groups -OCH3 is 1. The standard InChI is InChI=1S/C23H23ClN2O3/c1-16-19(23(27)25-11-13-29-14-12-25)15-21(17-7-9-18(24)10-8-17)26(16)20-5-3-4-6-22(20)28-2/h3-10,15H,11-14H2,1-2H3. The van der Waals surface area contributed by atoms with E-state index in [4.69, 9.17) is 21.1 Å². The highest BCUT2D eigenvalue weighted by molar-refractivity contribution is 6.30. The van der Waals surface area contributed by atoms with Crippen LogP contribution in [0, 0.1) is 6.92 Å². The number of rotatable bonds is 4. The van der Waals surface area contributed by atoms with E-state index in [1.54, 1.807) is 7.11 Å². The zero-order chi connectivity index (χ0) is 20.4. The molecule has 0 spiro atoms. The average molecular weight is 411 g/mol. The highest BCUT2D eigenvalue weighted by Gasteiger charge is 2.25. The lowest BCUT2D eigenvalue weighted by molar-refractivity contribution is 0.0302. The molecule has 1 aliphatic rings. The number of benzene rings is 2. The number of hydrogen-bond donors (Lipinski definition) is 0. The van der Waals surface area contributed by atoms with Gasteiger partial charge in [0.25, 0.3) is 5.91 Å². The molecule has 1 saturated heterocycles. The Morgan fingerprint density at radius 1 is 1.07 bits per heavy atom. The smallest absolute Gasteiger partial charge is 0.255 e. The second-order valence-corrected chi connectivity index (χ2v) is 7.38. The van der Waals surface area contributed by atoms with Gasteiger partial charge < -0.3 is 18.9 Å². The molecule has 0 aliphatic carbocycles. The maximum atomic E-state index is 13.3. The number of ether oxygens (including phenoxy) is 2. The highest BCUT2D eigenvalue weighted by Crippen LogP contribution is 2.34. The summed E-state index contributed by atoms with van der Waals surface area (Å²) >= 11 is 6.09. The SMILES string of the molecule is COc1ccccc1-n1c(-c2ccc(Cl)cc2)cc(C(=O)N2CCOCC2)c1C. The number of para-hydroxylation sites is 2. The summed E-state index contributed by atoms with van der Waals surface area (Å²) < 4.78 is 13.1. The van der Waals surface area contributed by atoms with Crippen molar-refractivity contribution in [2.45, 2.75) is 6.92 Å². The van der Waals surface area contributed by atoms with Crippen LogP contribution in [-0.4, -0.2) is 48.8 Å². The van der Waals surface area contributed by atoms with E-state index in [0.29, 0.717) is 36.9 Å². The minimum Gasteiger partial charge on any atom is -0.495 e. The third kappa shape index (κ3) is 3.76. The van der Waals surface area contributed by atoms with Crippen molar-refractivity contribution < 1.29 is 14.3 Å². The quantitative estimate of drug-likeness (QED) is 0.632. The van der Waals surface area contributed by atoms with E-state index in [2.05, 4.69) is 4.57 Å². The van der Waals surface area contributed by atoms with Crippen molar-refractivity contribution in [3.8, 4) is 22.7 Å². The summed E-state index contributed by atoms with van der Waals surface area (Å²) in [6, 6.07) is 17.4. The Balaban J connectivity index is 1.89. The number of halogens is 1. The van der Waals surface area contributed by atoms with Crippen LogP contribution in [0.4, 0.5) is 0 Å². The minimum atomic E-state index is 0.0228. The van der Waals surface area contributed by atoms with Gasteiger partial charge in [-0.25, -0.2) is 0 Å². The van der Waals surface area contributed by atoms with Gasteiger partial charge in [-0.2, -0.15) is 0 Å². The first-order valence-corrected chi connectivity index (χ1v) is 9.96. The molecule has 5 nitrogen and oxygen atoms in total. The van der Waals surface area contributed by atoms with Gasteiger partial charge in [0.1, 0.15) is 5.75 Å². The molecule has 150 valence electrons. The van der Waals surface area contributed by atoms with Gasteiger partial charge in [-0.15, -0.1) is 0 Å². The van der Waals surface area contributed by atoms with Gasteiger partial charge in [0.05, 0.1) is 37.3 Å². The Morgan fingerprint density at radius 2 is 1.76 bits per heavy atom. The van der Waals surface area contributed by atoms with Crippen LogP contribution in [0.25, 0.3) is 16.9 Å². The fourth-order valence-electron chi connectivity index (χ4n) is 3.72. The van der Waals surface area contributed by atoms with E-state index in [0.717, 1.165) is 28.4 Å². The van der Waals surface area contributed by atoms with Crippen molar-refractivity contribution in [2.75, 3.05) is 33.4 Å². The molecule has 0 bridgehead atoms. The predicted octanol–water partition coefficient (Wildman–Crippen LogP) is 4.59. The molecular weight excluding hydrogens is 388 g/mol. The molecule has 1 amide bonds. The molecule has 29 heavy (non-hydrogen) atoms. The third-order valence-corrected chi connectivity index (χ3v) is 5.49. The van der Waals surface area contributed by atoms with E-state index >= 15 is 0 Å². The van der Waals surface area contributed by atoms with Gasteiger partial charge in [0, 0.05) is 23.8 Å². The topological polar surface area (TPSA) is 43.7 Å². The van der Waals surface area contributed by atoms with Crippen molar-refractivity contribution >= 4 is 17.5 Å². The van der Waals surface area contributed by atoms with Gasteiger partial charge in [0.15, 0.2) is 0 Å². The molecule has 6 heteroatoms. The zero-order valence-corrected chi connectivity index (χ0v) is 17.3. The van der Waals surface area contributed by atoms with E-state index in [9.17, 15) is 4.79 Å². The Bertz CT molecular complexity index is 1020. The normalized spacial score (nSPS) is 14.1. The molecule has 4 rings (SSSR count). The van der Waals surface area contributed by atoms with Crippen LogP contribution >= 0.6 is 11.6 Å². The number of morpholine rings is 1. The van der Waals surface area contributed by atoms with Crippen LogP contribution in [0.5, 0.6) is 5.75 Å². The second kappa shape index (κ2) is 8.31. The van der Waals surface area contributed by atoms with Crippen molar-refractivity contribution in [3.05, 3.63) is 70.9 Å². The Morgan fingerprint density at radius 3 is 2.45 bits per heavy atom. The molecule has 2 heterocycles. The summed E-state index contributed by atoms with van der Waals surface area (Å²) in [5, 5.41) is 0.672. The van der Waals surface area contributed by atoms with Crippen LogP contribution in [0.3, 0.4) is 0 Å². The molecule has 0 unspecified atom stereocenters. The summed E-state index contributed by atoms with van der Waals surface area (Å²) in [5.41, 5.74) is 4.34. The second-order valence-electron chi connectivity index (χ2n) is 6.95. The van der Waals surface area contributed by atoms with E-state index < -0.39 is 0 Å². The van der Waals surface area contributed by atoms with Crippen LogP contribution in [0.15, 0.2) is 54.6 Å². The maximum absolute atomic E-state index is 13.3. The number of carbonyl (C=O) groups excluding carboxylic acids is 1. The molecule has 0 radical (unpaired) electrons. The van der Waals surface area contributed by atoms with Crippen molar-refractivity contribution in [1.82, 2.24) is 9.47 Å². The first kappa shape index (κ1) is 19.6. The summed E-state index contributed by atoms with van der Waals surface area (Å²) in [6.45, 7) is 4.33. The summed E-state index contributed by atoms with van der Waals surface area (Å²) in [6.07, 6.45) is 0. The monoisotopic (exact) mass is 410 g/mol. The van der Waals surface area contributed by atoms with Gasteiger partial charge in [-0.3, -0.25) is 4.79 Å². The van der Waals surface area contributed by atoms with Crippen molar-refractivity contribution in [1.29, 1.82) is 0 Å². The van der Waals surface area contributed by atoms with Crippen LogP contribution < -0.4 is 4.74 Å². The zero-order valence-electron chi connectivity index (χ0n) is 16.5. The fraction of sp³-hybridized carbons (Fsp3) is 0.261. The fourth-order valence-corrected chi connectivity index (χ4v) is 3.84. The molecular formula is C23H23ClN2O3. The maximum Gasteiger partial charge on any atom is 0.255 e. The third-order valence-electron chi connectivity index (χ3n) is 5.24. The van der Waals surface area contributed by atoms with Crippen LogP contribution in [0.1, 0.15) is 16.1 Å². The molecule has 1 aliphatic heterocycles. The number of carbonyl (C=O) groups is 1. The highest BCUT2D eigenvalue weighted by atomic mass is 35.5. The van der Waals surface area contributed by atoms with E-state index in [1.165, 1.54) is 0 Å². The largest absolute Gasteiger partial charge is 0.495 e. The average Bonchev–Trinajstić information content (AvgIpc) is 3.11. The lowest BCUT2D eigenvalue weighted by Gasteiger charge is -2.26. The Hall–Kier alpha value is -2.76. The number of nitrogens with zero attached hydrogens (tertiary/aromatic N) is 2. The summed E-state index contributed by atoms with van der Waals surface area (Å²) in [7, 11) is 1.65. The predicted molar refractivity (Wildman–Crippen MR) is 114 cm³/mol. The van der Waals surface area contributed by atoms with Crippen molar-refractivity contribution in [3.63, 3.8) is 0 Å². The first-order valence-electron chi connectivity index (χ1n) is 9.59. The lowest BCUT2D eigenvalue weighted by Crippen LogP contribution is -2.40. The van der Waals surface area contributed by atoms with Gasteiger partial charge in [-0.05, 0) is 42.8 Å². The van der Waals surface area contributed by atoms with E-state index in [-0.39, 0.29) is 5.91 Å². The molecule has 2 aromatic carbocycles. The number of amides is 1. The molecule has 3 aromatic rings.